The first-order valence-corrected chi connectivity index (χ1v) is 3.16. The first kappa shape index (κ1) is 6.78. The molecule has 2 N–H and O–H groups in total. The van der Waals surface area contributed by atoms with Crippen molar-refractivity contribution >= 4 is 23.2 Å². The summed E-state index contributed by atoms with van der Waals surface area (Å²) in [6, 6.07) is 0. The van der Waals surface area contributed by atoms with Gasteiger partial charge in [-0.1, -0.05) is 23.2 Å². The van der Waals surface area contributed by atoms with Crippen LogP contribution in [0.1, 0.15) is 0 Å². The van der Waals surface area contributed by atoms with E-state index in [9.17, 15) is 0 Å². The molecule has 1 rings (SSSR count). The van der Waals surface area contributed by atoms with Crippen molar-refractivity contribution in [2.24, 2.45) is 0 Å². The minimum atomic E-state index is 0.0421. The van der Waals surface area contributed by atoms with Crippen LogP contribution in [0.15, 0.2) is 22.0 Å². The zero-order valence-electron chi connectivity index (χ0n) is 4.49. The van der Waals surface area contributed by atoms with Crippen molar-refractivity contribution in [1.82, 2.24) is 5.32 Å². The number of aliphatic hydroxyl groups is 1. The quantitative estimate of drug-likeness (QED) is 0.536. The van der Waals surface area contributed by atoms with Crippen molar-refractivity contribution in [2.45, 2.75) is 0 Å². The number of nitrogens with one attached hydrogen (secondary N) is 1. The Morgan fingerprint density at radius 1 is 1.56 bits per heavy atom. The summed E-state index contributed by atoms with van der Waals surface area (Å²) in [6.07, 6.45) is 1.55. The molecule has 0 aromatic rings. The lowest BCUT2D eigenvalue weighted by atomic mass is 10.3. The van der Waals surface area contributed by atoms with Crippen LogP contribution < -0.4 is 5.32 Å². The second kappa shape index (κ2) is 2.50. The maximum Gasteiger partial charge on any atom is 0.135 e. The number of halogens is 2. The molecule has 0 aliphatic carbocycles. The molecule has 0 spiro atoms. The van der Waals surface area contributed by atoms with Gasteiger partial charge in [0.1, 0.15) is 15.9 Å². The van der Waals surface area contributed by atoms with Crippen LogP contribution in [-0.4, -0.2) is 11.7 Å². The van der Waals surface area contributed by atoms with Gasteiger partial charge in [0.15, 0.2) is 0 Å². The monoisotopic (exact) mass is 165 g/mol. The lowest BCUT2D eigenvalue weighted by molar-refractivity contribution is 0.423. The van der Waals surface area contributed by atoms with Crippen molar-refractivity contribution in [3.05, 3.63) is 22.0 Å². The van der Waals surface area contributed by atoms with Gasteiger partial charge < -0.3 is 10.4 Å². The Bertz CT molecular complexity index is 185. The zero-order chi connectivity index (χ0) is 6.85. The summed E-state index contributed by atoms with van der Waals surface area (Å²) in [7, 11) is 0. The highest BCUT2D eigenvalue weighted by atomic mass is 35.5. The molecule has 1 aliphatic rings. The van der Waals surface area contributed by atoms with E-state index in [1.165, 1.54) is 0 Å². The molecule has 0 saturated carbocycles. The molecule has 0 aromatic carbocycles. The standard InChI is InChI=1S/C5H5Cl2NO/c6-4-3(9)1-2-8-5(4)7/h1,8-9H,2H2. The van der Waals surface area contributed by atoms with E-state index in [-0.39, 0.29) is 10.8 Å². The van der Waals surface area contributed by atoms with E-state index in [1.54, 1.807) is 6.08 Å². The number of rotatable bonds is 0. The fraction of sp³-hybridized carbons (Fsp3) is 0.200. The number of allylic oxidation sites excluding steroid dienone is 1. The van der Waals surface area contributed by atoms with Gasteiger partial charge in [-0.3, -0.25) is 0 Å². The summed E-state index contributed by atoms with van der Waals surface area (Å²) in [6.45, 7) is 0.529. The fourth-order valence-corrected chi connectivity index (χ4v) is 0.835. The molecule has 1 aliphatic heterocycles. The van der Waals surface area contributed by atoms with Gasteiger partial charge in [0.05, 0.1) is 0 Å². The van der Waals surface area contributed by atoms with E-state index >= 15 is 0 Å². The van der Waals surface area contributed by atoms with E-state index in [2.05, 4.69) is 5.32 Å². The van der Waals surface area contributed by atoms with Crippen molar-refractivity contribution in [2.75, 3.05) is 6.54 Å². The molecule has 2 nitrogen and oxygen atoms in total. The minimum absolute atomic E-state index is 0.0421. The molecule has 0 amide bonds. The molecule has 1 heterocycles. The highest BCUT2D eigenvalue weighted by Crippen LogP contribution is 2.20. The molecular weight excluding hydrogens is 161 g/mol. The highest BCUT2D eigenvalue weighted by Gasteiger charge is 2.09. The van der Waals surface area contributed by atoms with E-state index in [0.29, 0.717) is 11.7 Å². The number of hydrogen-bond acceptors (Lipinski definition) is 2. The Balaban J connectivity index is 2.88. The number of hydrogen-bond donors (Lipinski definition) is 2. The van der Waals surface area contributed by atoms with Crippen LogP contribution in [0, 0.1) is 0 Å². The molecule has 0 fully saturated rings. The van der Waals surface area contributed by atoms with Crippen molar-refractivity contribution in [3.8, 4) is 0 Å². The van der Waals surface area contributed by atoms with Gasteiger partial charge in [0, 0.05) is 6.54 Å². The normalized spacial score (nSPS) is 19.1. The Morgan fingerprint density at radius 2 is 2.22 bits per heavy atom. The molecule has 9 heavy (non-hydrogen) atoms. The molecule has 0 bridgehead atoms. The predicted octanol–water partition coefficient (Wildman–Crippen LogP) is 1.68. The van der Waals surface area contributed by atoms with Gasteiger partial charge in [-0.15, -0.1) is 0 Å². The Kier molecular flexibility index (Phi) is 1.88. The molecule has 50 valence electrons. The summed E-state index contributed by atoms with van der Waals surface area (Å²) in [5.41, 5.74) is 0. The largest absolute Gasteiger partial charge is 0.507 e. The number of dihydropyridines is 1. The first-order chi connectivity index (χ1) is 4.22. The average molecular weight is 166 g/mol. The van der Waals surface area contributed by atoms with Crippen LogP contribution in [0.2, 0.25) is 0 Å². The van der Waals surface area contributed by atoms with Gasteiger partial charge in [-0.25, -0.2) is 0 Å². The molecule has 0 atom stereocenters. The first-order valence-electron chi connectivity index (χ1n) is 2.40. The number of aliphatic hydroxyl groups excluding tert-OH is 1. The van der Waals surface area contributed by atoms with Gasteiger partial charge >= 0.3 is 0 Å². The van der Waals surface area contributed by atoms with E-state index in [0.717, 1.165) is 0 Å². The fourth-order valence-electron chi connectivity index (χ4n) is 0.517. The second-order valence-electron chi connectivity index (χ2n) is 1.60. The van der Waals surface area contributed by atoms with Gasteiger partial charge in [-0.2, -0.15) is 0 Å². The Morgan fingerprint density at radius 3 is 2.67 bits per heavy atom. The maximum absolute atomic E-state index is 8.89. The smallest absolute Gasteiger partial charge is 0.135 e. The summed E-state index contributed by atoms with van der Waals surface area (Å²) in [5, 5.41) is 12.1. The Labute approximate surface area is 62.8 Å². The van der Waals surface area contributed by atoms with Crippen molar-refractivity contribution in [3.63, 3.8) is 0 Å². The lowest BCUT2D eigenvalue weighted by Crippen LogP contribution is -2.15. The van der Waals surface area contributed by atoms with Gasteiger partial charge in [0.25, 0.3) is 0 Å². The van der Waals surface area contributed by atoms with Crippen LogP contribution in [0.5, 0.6) is 0 Å². The Hall–Kier alpha value is -0.340. The SMILES string of the molecule is OC1=CCNC(Cl)=C1Cl. The third kappa shape index (κ3) is 1.32. The summed E-state index contributed by atoms with van der Waals surface area (Å²) < 4.78 is 0. The highest BCUT2D eigenvalue weighted by molar-refractivity contribution is 6.40. The van der Waals surface area contributed by atoms with E-state index in [1.807, 2.05) is 0 Å². The van der Waals surface area contributed by atoms with E-state index < -0.39 is 0 Å². The van der Waals surface area contributed by atoms with Crippen LogP contribution in [0.4, 0.5) is 0 Å². The van der Waals surface area contributed by atoms with Crippen LogP contribution >= 0.6 is 23.2 Å². The molecule has 0 aromatic heterocycles. The third-order valence-corrected chi connectivity index (χ3v) is 1.77. The molecule has 4 heteroatoms. The minimum Gasteiger partial charge on any atom is -0.507 e. The molecule has 0 saturated heterocycles. The predicted molar refractivity (Wildman–Crippen MR) is 37.4 cm³/mol. The van der Waals surface area contributed by atoms with Gasteiger partial charge in [-0.05, 0) is 6.08 Å². The lowest BCUT2D eigenvalue weighted by Gasteiger charge is -2.09. The average Bonchev–Trinajstić information content (AvgIpc) is 1.83. The molecular formula is C5H5Cl2NO. The van der Waals surface area contributed by atoms with Crippen molar-refractivity contribution in [1.29, 1.82) is 0 Å². The van der Waals surface area contributed by atoms with E-state index in [4.69, 9.17) is 28.3 Å². The van der Waals surface area contributed by atoms with Crippen molar-refractivity contribution < 1.29 is 5.11 Å². The molecule has 0 unspecified atom stereocenters. The topological polar surface area (TPSA) is 32.3 Å². The second-order valence-corrected chi connectivity index (χ2v) is 2.35. The summed E-state index contributed by atoms with van der Waals surface area (Å²) in [5.74, 6) is 0.0421. The van der Waals surface area contributed by atoms with Gasteiger partial charge in [0.2, 0.25) is 0 Å². The molecule has 0 radical (unpaired) electrons. The third-order valence-electron chi connectivity index (χ3n) is 0.970. The maximum atomic E-state index is 8.89. The van der Waals surface area contributed by atoms with Crippen LogP contribution in [0.25, 0.3) is 0 Å². The summed E-state index contributed by atoms with van der Waals surface area (Å²) in [4.78, 5) is 0. The zero-order valence-corrected chi connectivity index (χ0v) is 6.00. The summed E-state index contributed by atoms with van der Waals surface area (Å²) >= 11 is 11.0. The van der Waals surface area contributed by atoms with Crippen LogP contribution in [-0.2, 0) is 0 Å². The van der Waals surface area contributed by atoms with Crippen LogP contribution in [0.3, 0.4) is 0 Å².